The number of carbonyl (C=O) groups is 4. The minimum atomic E-state index is -1.08. The van der Waals surface area contributed by atoms with Gasteiger partial charge >= 0.3 is 6.03 Å². The van der Waals surface area contributed by atoms with E-state index in [0.717, 1.165) is 36.1 Å². The van der Waals surface area contributed by atoms with Gasteiger partial charge in [-0.3, -0.25) is 19.3 Å². The number of carbonyl (C=O) groups excluding carboxylic acids is 4. The van der Waals surface area contributed by atoms with Crippen LogP contribution in [-0.2, 0) is 16.0 Å². The van der Waals surface area contributed by atoms with E-state index < -0.39 is 29.9 Å². The van der Waals surface area contributed by atoms with Crippen LogP contribution in [0.5, 0.6) is 0 Å². The van der Waals surface area contributed by atoms with Crippen molar-refractivity contribution in [2.45, 2.75) is 57.0 Å². The van der Waals surface area contributed by atoms with Gasteiger partial charge in [-0.2, -0.15) is 0 Å². The number of hydrogen-bond donors (Lipinski definition) is 3. The molecule has 0 spiro atoms. The average molecular weight is 463 g/mol. The lowest BCUT2D eigenvalue weighted by Gasteiger charge is -2.21. The number of benzene rings is 2. The van der Waals surface area contributed by atoms with Crippen molar-refractivity contribution in [3.63, 3.8) is 0 Å². The molecule has 0 bridgehead atoms. The second kappa shape index (κ2) is 10.1. The van der Waals surface area contributed by atoms with Gasteiger partial charge in [0.15, 0.2) is 0 Å². The van der Waals surface area contributed by atoms with Gasteiger partial charge in [0, 0.05) is 6.04 Å². The molecular weight excluding hydrogens is 432 g/mol. The van der Waals surface area contributed by atoms with Crippen LogP contribution in [0.1, 0.15) is 54.9 Å². The largest absolute Gasteiger partial charge is 0.349 e. The van der Waals surface area contributed by atoms with E-state index in [1.54, 1.807) is 31.2 Å². The summed E-state index contributed by atoms with van der Waals surface area (Å²) in [5.74, 6) is -1.22. The molecule has 178 valence electrons. The molecule has 1 saturated carbocycles. The first-order chi connectivity index (χ1) is 16.4. The SMILES string of the molecule is CC1(CCc2ccccc2)NC(=O)N(CC(=O)Nc2ccccc2C(=O)NC2CCCC2)C1=O. The van der Waals surface area contributed by atoms with E-state index in [1.807, 2.05) is 30.3 Å². The Balaban J connectivity index is 1.38. The Morgan fingerprint density at radius 3 is 2.44 bits per heavy atom. The first-order valence-electron chi connectivity index (χ1n) is 11.7. The van der Waals surface area contributed by atoms with E-state index in [9.17, 15) is 19.2 Å². The Morgan fingerprint density at radius 2 is 1.71 bits per heavy atom. The van der Waals surface area contributed by atoms with Gasteiger partial charge in [-0.15, -0.1) is 0 Å². The molecule has 34 heavy (non-hydrogen) atoms. The topological polar surface area (TPSA) is 108 Å². The Morgan fingerprint density at radius 1 is 1.03 bits per heavy atom. The van der Waals surface area contributed by atoms with Crippen molar-refractivity contribution in [2.75, 3.05) is 11.9 Å². The van der Waals surface area contributed by atoms with E-state index in [-0.39, 0.29) is 11.9 Å². The standard InChI is InChI=1S/C26H30N4O4/c1-26(16-15-18-9-3-2-4-10-18)24(33)30(25(34)29-26)17-22(31)28-21-14-8-7-13-20(21)23(32)27-19-11-5-6-12-19/h2-4,7-10,13-14,19H,5-6,11-12,15-17H2,1H3,(H,27,32)(H,28,31)(H,29,34). The Kier molecular flexibility index (Phi) is 6.95. The fourth-order valence-electron chi connectivity index (χ4n) is 4.56. The minimum Gasteiger partial charge on any atom is -0.349 e. The average Bonchev–Trinajstić information content (AvgIpc) is 3.41. The van der Waals surface area contributed by atoms with E-state index in [2.05, 4.69) is 16.0 Å². The van der Waals surface area contributed by atoms with Crippen molar-refractivity contribution in [1.29, 1.82) is 0 Å². The van der Waals surface area contributed by atoms with Crippen LogP contribution in [0.4, 0.5) is 10.5 Å². The zero-order chi connectivity index (χ0) is 24.1. The van der Waals surface area contributed by atoms with Crippen LogP contribution in [0.3, 0.4) is 0 Å². The number of aryl methyl sites for hydroxylation is 1. The lowest BCUT2D eigenvalue weighted by Crippen LogP contribution is -2.45. The molecule has 4 rings (SSSR count). The zero-order valence-corrected chi connectivity index (χ0v) is 19.3. The molecule has 1 aliphatic heterocycles. The van der Waals surface area contributed by atoms with Crippen molar-refractivity contribution in [1.82, 2.24) is 15.5 Å². The fraction of sp³-hybridized carbons (Fsp3) is 0.385. The summed E-state index contributed by atoms with van der Waals surface area (Å²) < 4.78 is 0. The monoisotopic (exact) mass is 462 g/mol. The van der Waals surface area contributed by atoms with Gasteiger partial charge < -0.3 is 16.0 Å². The first-order valence-corrected chi connectivity index (χ1v) is 11.7. The lowest BCUT2D eigenvalue weighted by atomic mass is 9.93. The second-order valence-electron chi connectivity index (χ2n) is 9.19. The third-order valence-corrected chi connectivity index (χ3v) is 6.54. The third kappa shape index (κ3) is 5.27. The van der Waals surface area contributed by atoms with Gasteiger partial charge in [-0.05, 0) is 50.3 Å². The molecule has 1 aliphatic carbocycles. The molecular formula is C26H30N4O4. The summed E-state index contributed by atoms with van der Waals surface area (Å²) in [6.07, 6.45) is 5.14. The summed E-state index contributed by atoms with van der Waals surface area (Å²) in [6.45, 7) is 1.25. The minimum absolute atomic E-state index is 0.149. The molecule has 1 atom stereocenters. The van der Waals surface area contributed by atoms with Crippen molar-refractivity contribution in [3.05, 3.63) is 65.7 Å². The van der Waals surface area contributed by atoms with Gasteiger partial charge in [0.25, 0.3) is 11.8 Å². The van der Waals surface area contributed by atoms with E-state index >= 15 is 0 Å². The summed E-state index contributed by atoms with van der Waals surface area (Å²) in [6, 6.07) is 16.0. The molecule has 2 fully saturated rings. The van der Waals surface area contributed by atoms with Crippen LogP contribution in [-0.4, -0.2) is 46.8 Å². The molecule has 2 aromatic rings. The fourth-order valence-corrected chi connectivity index (χ4v) is 4.56. The van der Waals surface area contributed by atoms with Gasteiger partial charge in [-0.1, -0.05) is 55.3 Å². The van der Waals surface area contributed by atoms with Gasteiger partial charge in [0.1, 0.15) is 12.1 Å². The third-order valence-electron chi connectivity index (χ3n) is 6.54. The molecule has 2 aliphatic rings. The van der Waals surface area contributed by atoms with Gasteiger partial charge in [-0.25, -0.2) is 4.79 Å². The highest BCUT2D eigenvalue weighted by Gasteiger charge is 2.47. The highest BCUT2D eigenvalue weighted by molar-refractivity contribution is 6.11. The Hall–Kier alpha value is -3.68. The van der Waals surface area contributed by atoms with Crippen molar-refractivity contribution in [2.24, 2.45) is 0 Å². The molecule has 2 aromatic carbocycles. The molecule has 8 nitrogen and oxygen atoms in total. The normalized spacial score (nSPS) is 20.3. The lowest BCUT2D eigenvalue weighted by molar-refractivity contribution is -0.133. The number of rotatable bonds is 8. The number of imide groups is 1. The molecule has 1 heterocycles. The number of nitrogens with zero attached hydrogens (tertiary/aromatic N) is 1. The smallest absolute Gasteiger partial charge is 0.325 e. The number of hydrogen-bond acceptors (Lipinski definition) is 4. The summed E-state index contributed by atoms with van der Waals surface area (Å²) in [5, 5.41) is 8.44. The van der Waals surface area contributed by atoms with Crippen molar-refractivity contribution >= 4 is 29.4 Å². The number of anilines is 1. The van der Waals surface area contributed by atoms with Crippen LogP contribution in [0.25, 0.3) is 0 Å². The molecule has 0 aromatic heterocycles. The van der Waals surface area contributed by atoms with E-state index in [0.29, 0.717) is 24.1 Å². The van der Waals surface area contributed by atoms with Gasteiger partial charge in [0.05, 0.1) is 11.3 Å². The molecule has 8 heteroatoms. The molecule has 5 amide bonds. The van der Waals surface area contributed by atoms with Crippen molar-refractivity contribution in [3.8, 4) is 0 Å². The highest BCUT2D eigenvalue weighted by atomic mass is 16.2. The van der Waals surface area contributed by atoms with Gasteiger partial charge in [0.2, 0.25) is 5.91 Å². The maximum atomic E-state index is 13.0. The van der Waals surface area contributed by atoms with E-state index in [4.69, 9.17) is 0 Å². The Labute approximate surface area is 199 Å². The maximum Gasteiger partial charge on any atom is 0.325 e. The summed E-state index contributed by atoms with van der Waals surface area (Å²) in [7, 11) is 0. The number of urea groups is 1. The highest BCUT2D eigenvalue weighted by Crippen LogP contribution is 2.24. The second-order valence-corrected chi connectivity index (χ2v) is 9.19. The van der Waals surface area contributed by atoms with Crippen LogP contribution < -0.4 is 16.0 Å². The van der Waals surface area contributed by atoms with Crippen LogP contribution in [0.15, 0.2) is 54.6 Å². The molecule has 1 saturated heterocycles. The number of amides is 5. The first kappa shape index (κ1) is 23.5. The van der Waals surface area contributed by atoms with Crippen molar-refractivity contribution < 1.29 is 19.2 Å². The number of para-hydroxylation sites is 1. The predicted molar refractivity (Wildman–Crippen MR) is 128 cm³/mol. The molecule has 3 N–H and O–H groups in total. The predicted octanol–water partition coefficient (Wildman–Crippen LogP) is 3.24. The molecule has 0 radical (unpaired) electrons. The quantitative estimate of drug-likeness (QED) is 0.524. The maximum absolute atomic E-state index is 13.0. The van der Waals surface area contributed by atoms with E-state index in [1.165, 1.54) is 0 Å². The Bertz CT molecular complexity index is 1080. The van der Waals surface area contributed by atoms with Crippen LogP contribution in [0.2, 0.25) is 0 Å². The number of nitrogens with one attached hydrogen (secondary N) is 3. The zero-order valence-electron chi connectivity index (χ0n) is 19.3. The summed E-state index contributed by atoms with van der Waals surface area (Å²) in [4.78, 5) is 52.0. The van der Waals surface area contributed by atoms with Crippen LogP contribution in [0, 0.1) is 0 Å². The summed E-state index contributed by atoms with van der Waals surface area (Å²) in [5.41, 5.74) is 0.690. The summed E-state index contributed by atoms with van der Waals surface area (Å²) >= 11 is 0. The molecule has 1 unspecified atom stereocenters. The van der Waals surface area contributed by atoms with Crippen LogP contribution >= 0.6 is 0 Å².